The third-order valence-electron chi connectivity index (χ3n) is 8.55. The van der Waals surface area contributed by atoms with Gasteiger partial charge in [-0.05, 0) is 67.1 Å². The maximum absolute atomic E-state index is 13.5. The Hall–Kier alpha value is -4.56. The first kappa shape index (κ1) is 30.5. The predicted octanol–water partition coefficient (Wildman–Crippen LogP) is 6.15. The fourth-order valence-corrected chi connectivity index (χ4v) is 6.28. The van der Waals surface area contributed by atoms with Crippen LogP contribution in [0.1, 0.15) is 47.4 Å². The Morgan fingerprint density at radius 2 is 1.78 bits per heavy atom. The lowest BCUT2D eigenvalue weighted by atomic mass is 9.97. The Kier molecular flexibility index (Phi) is 9.21. The van der Waals surface area contributed by atoms with E-state index in [2.05, 4.69) is 34.5 Å². The van der Waals surface area contributed by atoms with E-state index in [1.165, 1.54) is 30.0 Å². The number of nitrogens with zero attached hydrogens (tertiary/aromatic N) is 2. The first-order valence-electron chi connectivity index (χ1n) is 15.3. The average Bonchev–Trinajstić information content (AvgIpc) is 3.46. The molecule has 0 aliphatic carbocycles. The van der Waals surface area contributed by atoms with Crippen LogP contribution in [0.4, 0.5) is 5.69 Å². The maximum Gasteiger partial charge on any atom is 0.287 e. The summed E-state index contributed by atoms with van der Waals surface area (Å²) in [5, 5.41) is 4.13. The van der Waals surface area contributed by atoms with Crippen molar-refractivity contribution in [3.8, 4) is 5.75 Å². The van der Waals surface area contributed by atoms with Crippen LogP contribution in [0.3, 0.4) is 0 Å². The zero-order valence-corrected chi connectivity index (χ0v) is 26.0. The number of carbonyl (C=O) groups excluding carboxylic acids is 2. The van der Waals surface area contributed by atoms with Gasteiger partial charge in [0, 0.05) is 55.4 Å². The highest BCUT2D eigenvalue weighted by atomic mass is 35.5. The standard InChI is InChI=1S/C36H36ClN3O5/c1-44-29-12-13-30-32(41)22-34(45-33(30)21-29)36(43)38-28(19-24-8-10-27(37)11-9-24)20-25-14-17-39(18-15-25)31-6-3-2-5-26(31)23-40-16-4-7-35(40)42/h2-3,5-6,8-13,20-22,28H,4,7,14-19,23H2,1H3,(H,38,43)/t28-/m0/s1. The summed E-state index contributed by atoms with van der Waals surface area (Å²) in [6, 6.07) is 21.7. The van der Waals surface area contributed by atoms with E-state index in [0.29, 0.717) is 41.1 Å². The molecule has 2 aliphatic rings. The third kappa shape index (κ3) is 7.23. The molecule has 232 valence electrons. The number of carbonyl (C=O) groups is 2. The average molecular weight is 626 g/mol. The number of nitrogens with one attached hydrogen (secondary N) is 1. The lowest BCUT2D eigenvalue weighted by Crippen LogP contribution is -2.37. The van der Waals surface area contributed by atoms with Crippen LogP contribution >= 0.6 is 11.6 Å². The van der Waals surface area contributed by atoms with Crippen molar-refractivity contribution in [1.29, 1.82) is 0 Å². The number of ether oxygens (including phenoxy) is 1. The molecule has 0 radical (unpaired) electrons. The Labute approximate surface area is 267 Å². The van der Waals surface area contributed by atoms with E-state index in [4.69, 9.17) is 20.8 Å². The summed E-state index contributed by atoms with van der Waals surface area (Å²) in [4.78, 5) is 42.9. The highest BCUT2D eigenvalue weighted by molar-refractivity contribution is 6.30. The van der Waals surface area contributed by atoms with Crippen molar-refractivity contribution in [3.05, 3.63) is 117 Å². The van der Waals surface area contributed by atoms with Crippen molar-refractivity contribution >= 4 is 40.1 Å². The van der Waals surface area contributed by atoms with Gasteiger partial charge in [0.05, 0.1) is 18.5 Å². The number of hydrogen-bond acceptors (Lipinski definition) is 6. The molecular formula is C36H36ClN3O5. The van der Waals surface area contributed by atoms with Crippen LogP contribution in [0.25, 0.3) is 11.0 Å². The van der Waals surface area contributed by atoms with Crippen molar-refractivity contribution in [2.45, 2.75) is 44.7 Å². The molecule has 2 amide bonds. The lowest BCUT2D eigenvalue weighted by molar-refractivity contribution is -0.128. The van der Waals surface area contributed by atoms with Crippen LogP contribution in [-0.4, -0.2) is 49.5 Å². The molecule has 6 rings (SSSR count). The van der Waals surface area contributed by atoms with Crippen LogP contribution in [0.2, 0.25) is 5.02 Å². The normalized spacial score (nSPS) is 15.8. The van der Waals surface area contributed by atoms with E-state index in [-0.39, 0.29) is 23.1 Å². The molecule has 0 spiro atoms. The molecule has 0 saturated carbocycles. The molecule has 9 heteroatoms. The number of benzene rings is 3. The molecule has 1 N–H and O–H groups in total. The van der Waals surface area contributed by atoms with Gasteiger partial charge in [0.25, 0.3) is 5.91 Å². The zero-order valence-electron chi connectivity index (χ0n) is 25.3. The summed E-state index contributed by atoms with van der Waals surface area (Å²) in [6.45, 7) is 3.12. The molecular weight excluding hydrogens is 590 g/mol. The van der Waals surface area contributed by atoms with Gasteiger partial charge in [0.1, 0.15) is 11.3 Å². The Bertz CT molecular complexity index is 1790. The van der Waals surface area contributed by atoms with Gasteiger partial charge in [-0.25, -0.2) is 0 Å². The second-order valence-electron chi connectivity index (χ2n) is 11.6. The van der Waals surface area contributed by atoms with Crippen molar-refractivity contribution in [1.82, 2.24) is 10.2 Å². The molecule has 2 aliphatic heterocycles. The molecule has 4 aromatic rings. The predicted molar refractivity (Wildman–Crippen MR) is 176 cm³/mol. The number of halogens is 1. The molecule has 3 heterocycles. The number of fused-ring (bicyclic) bond motifs is 1. The summed E-state index contributed by atoms with van der Waals surface area (Å²) >= 11 is 6.13. The summed E-state index contributed by atoms with van der Waals surface area (Å²) in [6.07, 6.45) is 5.93. The van der Waals surface area contributed by atoms with E-state index in [1.807, 2.05) is 35.2 Å². The van der Waals surface area contributed by atoms with Crippen molar-refractivity contribution in [3.63, 3.8) is 0 Å². The van der Waals surface area contributed by atoms with Crippen LogP contribution in [0.5, 0.6) is 5.75 Å². The number of anilines is 1. The summed E-state index contributed by atoms with van der Waals surface area (Å²) < 4.78 is 11.1. The van der Waals surface area contributed by atoms with Gasteiger partial charge in [0.15, 0.2) is 11.2 Å². The number of amides is 2. The summed E-state index contributed by atoms with van der Waals surface area (Å²) in [5.74, 6) is 0.246. The molecule has 3 aromatic carbocycles. The van der Waals surface area contributed by atoms with Crippen LogP contribution < -0.4 is 20.4 Å². The second-order valence-corrected chi connectivity index (χ2v) is 12.0. The van der Waals surface area contributed by atoms with Gasteiger partial charge in [0.2, 0.25) is 5.91 Å². The van der Waals surface area contributed by atoms with Crippen molar-refractivity contribution in [2.24, 2.45) is 0 Å². The fourth-order valence-electron chi connectivity index (χ4n) is 6.16. The minimum atomic E-state index is -0.463. The largest absolute Gasteiger partial charge is 0.497 e. The molecule has 0 bridgehead atoms. The van der Waals surface area contributed by atoms with Crippen molar-refractivity contribution < 1.29 is 18.7 Å². The number of hydrogen-bond donors (Lipinski definition) is 1. The zero-order chi connectivity index (χ0) is 31.3. The summed E-state index contributed by atoms with van der Waals surface area (Å²) in [5.41, 5.74) is 4.61. The van der Waals surface area contributed by atoms with E-state index < -0.39 is 5.91 Å². The second kappa shape index (κ2) is 13.6. The summed E-state index contributed by atoms with van der Waals surface area (Å²) in [7, 11) is 1.53. The smallest absolute Gasteiger partial charge is 0.287 e. The highest BCUT2D eigenvalue weighted by Crippen LogP contribution is 2.29. The lowest BCUT2D eigenvalue weighted by Gasteiger charge is -2.33. The Balaban J connectivity index is 1.19. The quantitative estimate of drug-likeness (QED) is 0.225. The Morgan fingerprint density at radius 1 is 1.00 bits per heavy atom. The van der Waals surface area contributed by atoms with Crippen LogP contribution in [0, 0.1) is 0 Å². The van der Waals surface area contributed by atoms with E-state index in [9.17, 15) is 14.4 Å². The van der Waals surface area contributed by atoms with Gasteiger partial charge in [-0.15, -0.1) is 0 Å². The van der Waals surface area contributed by atoms with Gasteiger partial charge >= 0.3 is 0 Å². The first-order valence-corrected chi connectivity index (χ1v) is 15.7. The first-order chi connectivity index (χ1) is 21.9. The Morgan fingerprint density at radius 3 is 2.51 bits per heavy atom. The molecule has 8 nitrogen and oxygen atoms in total. The monoisotopic (exact) mass is 625 g/mol. The molecule has 2 fully saturated rings. The van der Waals surface area contributed by atoms with E-state index >= 15 is 0 Å². The van der Waals surface area contributed by atoms with Crippen molar-refractivity contribution in [2.75, 3.05) is 31.6 Å². The molecule has 1 atom stereocenters. The minimum Gasteiger partial charge on any atom is -0.497 e. The molecule has 45 heavy (non-hydrogen) atoms. The number of methoxy groups -OCH3 is 1. The topological polar surface area (TPSA) is 92.1 Å². The van der Waals surface area contributed by atoms with E-state index in [0.717, 1.165) is 44.5 Å². The van der Waals surface area contributed by atoms with Gasteiger partial charge in [-0.3, -0.25) is 14.4 Å². The van der Waals surface area contributed by atoms with Gasteiger partial charge in [-0.2, -0.15) is 0 Å². The molecule has 2 saturated heterocycles. The number of likely N-dealkylation sites (tertiary alicyclic amines) is 1. The van der Waals surface area contributed by atoms with E-state index in [1.54, 1.807) is 18.2 Å². The number of piperidine rings is 1. The van der Waals surface area contributed by atoms with Gasteiger partial charge in [-0.1, -0.05) is 53.6 Å². The minimum absolute atomic E-state index is 0.0526. The SMILES string of the molecule is COc1ccc2c(=O)cc(C(=O)N[C@H](C=C3CCN(c4ccccc4CN4CCCC4=O)CC3)Cc3ccc(Cl)cc3)oc2c1. The molecule has 0 unspecified atom stereocenters. The number of para-hydroxylation sites is 1. The maximum atomic E-state index is 13.5. The fraction of sp³-hybridized carbons (Fsp3) is 0.306. The number of rotatable bonds is 9. The van der Waals surface area contributed by atoms with Crippen LogP contribution in [0.15, 0.2) is 93.7 Å². The van der Waals surface area contributed by atoms with Crippen LogP contribution in [-0.2, 0) is 17.8 Å². The van der Waals surface area contributed by atoms with Gasteiger partial charge < -0.3 is 24.3 Å². The molecule has 1 aromatic heterocycles. The third-order valence-corrected chi connectivity index (χ3v) is 8.80. The highest BCUT2D eigenvalue weighted by Gasteiger charge is 2.24.